The summed E-state index contributed by atoms with van der Waals surface area (Å²) in [6.07, 6.45) is 0. The molecule has 0 unspecified atom stereocenters. The van der Waals surface area contributed by atoms with Gasteiger partial charge in [0, 0.05) is 11.4 Å². The third kappa shape index (κ3) is 3.46. The van der Waals surface area contributed by atoms with Gasteiger partial charge >= 0.3 is 0 Å². The van der Waals surface area contributed by atoms with Crippen LogP contribution < -0.4 is 5.32 Å². The van der Waals surface area contributed by atoms with Gasteiger partial charge in [-0.25, -0.2) is 4.68 Å². The average molecular weight is 405 g/mol. The smallest absolute Gasteiger partial charge is 0.274 e. The maximum absolute atomic E-state index is 12.7. The molecular formula is C16H17BrN6O2. The number of rotatable bonds is 4. The predicted octanol–water partition coefficient (Wildman–Crippen LogP) is 2.69. The first kappa shape index (κ1) is 17.3. The van der Waals surface area contributed by atoms with Crippen LogP contribution in [0.1, 0.15) is 41.7 Å². The highest BCUT2D eigenvalue weighted by atomic mass is 79.9. The van der Waals surface area contributed by atoms with Gasteiger partial charge in [0.25, 0.3) is 5.91 Å². The van der Waals surface area contributed by atoms with Gasteiger partial charge in [0.15, 0.2) is 11.5 Å². The van der Waals surface area contributed by atoms with E-state index in [1.165, 1.54) is 0 Å². The molecule has 0 aliphatic rings. The number of hydrogen-bond acceptors (Lipinski definition) is 6. The molecule has 25 heavy (non-hydrogen) atoms. The molecular weight excluding hydrogens is 388 g/mol. The largest absolute Gasteiger partial charge is 0.340 e. The highest BCUT2D eigenvalue weighted by Gasteiger charge is 2.30. The van der Waals surface area contributed by atoms with Crippen molar-refractivity contribution >= 4 is 21.8 Å². The van der Waals surface area contributed by atoms with Crippen molar-refractivity contribution in [2.75, 3.05) is 0 Å². The van der Waals surface area contributed by atoms with Gasteiger partial charge < -0.3 is 9.84 Å². The Morgan fingerprint density at radius 3 is 2.72 bits per heavy atom. The van der Waals surface area contributed by atoms with Crippen LogP contribution in [0.3, 0.4) is 0 Å². The van der Waals surface area contributed by atoms with E-state index in [-0.39, 0.29) is 11.6 Å². The number of aromatic nitrogens is 5. The van der Waals surface area contributed by atoms with Crippen molar-refractivity contribution < 1.29 is 9.32 Å². The van der Waals surface area contributed by atoms with Crippen molar-refractivity contribution in [1.29, 1.82) is 0 Å². The van der Waals surface area contributed by atoms with Crippen LogP contribution in [0.5, 0.6) is 0 Å². The minimum Gasteiger partial charge on any atom is -0.340 e. The molecule has 0 fully saturated rings. The summed E-state index contributed by atoms with van der Waals surface area (Å²) in [7, 11) is 0. The average Bonchev–Trinajstić information content (AvgIpc) is 3.13. The second-order valence-electron chi connectivity index (χ2n) is 6.13. The van der Waals surface area contributed by atoms with Crippen LogP contribution >= 0.6 is 15.9 Å². The quantitative estimate of drug-likeness (QED) is 0.717. The molecule has 9 heteroatoms. The number of amides is 1. The minimum atomic E-state index is -0.805. The number of carbonyl (C=O) groups is 1. The van der Waals surface area contributed by atoms with E-state index in [9.17, 15) is 4.79 Å². The molecule has 0 bridgehead atoms. The topological polar surface area (TPSA) is 98.7 Å². The van der Waals surface area contributed by atoms with Gasteiger partial charge in [-0.05, 0) is 39.0 Å². The first-order valence-electron chi connectivity index (χ1n) is 7.59. The van der Waals surface area contributed by atoms with E-state index in [1.807, 2.05) is 24.3 Å². The highest BCUT2D eigenvalue weighted by molar-refractivity contribution is 9.10. The van der Waals surface area contributed by atoms with Crippen LogP contribution in [0.15, 0.2) is 33.3 Å². The summed E-state index contributed by atoms with van der Waals surface area (Å²) in [5.41, 5.74) is 0.885. The fraction of sp³-hybridized carbons (Fsp3) is 0.312. The maximum Gasteiger partial charge on any atom is 0.274 e. The predicted molar refractivity (Wildman–Crippen MR) is 93.3 cm³/mol. The van der Waals surface area contributed by atoms with Crippen LogP contribution in [0.2, 0.25) is 0 Å². The summed E-state index contributed by atoms with van der Waals surface area (Å²) >= 11 is 3.42. The monoisotopic (exact) mass is 404 g/mol. The molecule has 3 aromatic rings. The normalized spacial score (nSPS) is 11.6. The molecule has 1 aromatic carbocycles. The van der Waals surface area contributed by atoms with Crippen LogP contribution in [-0.4, -0.2) is 31.0 Å². The Morgan fingerprint density at radius 1 is 1.32 bits per heavy atom. The number of hydrogen-bond donors (Lipinski definition) is 1. The van der Waals surface area contributed by atoms with Gasteiger partial charge in [-0.15, -0.1) is 5.10 Å². The first-order valence-corrected chi connectivity index (χ1v) is 8.39. The van der Waals surface area contributed by atoms with Gasteiger partial charge in [0.2, 0.25) is 5.89 Å². The van der Waals surface area contributed by atoms with Gasteiger partial charge in [-0.1, -0.05) is 32.4 Å². The Morgan fingerprint density at radius 2 is 2.08 bits per heavy atom. The third-order valence-electron chi connectivity index (χ3n) is 3.68. The zero-order valence-electron chi connectivity index (χ0n) is 14.2. The standard InChI is InChI=1S/C16H17BrN6O2/c1-9-13(20-22-23(9)12-7-5-6-11(17)8-12)14(24)19-16(3,4)15-18-10(2)25-21-15/h5-8H,1-4H3,(H,19,24). The van der Waals surface area contributed by atoms with Crippen molar-refractivity contribution in [3.8, 4) is 5.69 Å². The Balaban J connectivity index is 1.86. The Labute approximate surface area is 152 Å². The van der Waals surface area contributed by atoms with Crippen LogP contribution in [0.25, 0.3) is 5.69 Å². The molecule has 0 atom stereocenters. The van der Waals surface area contributed by atoms with E-state index in [0.29, 0.717) is 17.4 Å². The van der Waals surface area contributed by atoms with E-state index in [0.717, 1.165) is 10.2 Å². The molecule has 0 aliphatic carbocycles. The van der Waals surface area contributed by atoms with Crippen molar-refractivity contribution in [3.05, 3.63) is 51.8 Å². The molecule has 8 nitrogen and oxygen atoms in total. The number of aryl methyl sites for hydroxylation is 1. The number of carbonyl (C=O) groups excluding carboxylic acids is 1. The van der Waals surface area contributed by atoms with Gasteiger partial charge in [-0.2, -0.15) is 4.98 Å². The second-order valence-corrected chi connectivity index (χ2v) is 7.05. The molecule has 3 rings (SSSR count). The van der Waals surface area contributed by atoms with E-state index < -0.39 is 5.54 Å². The molecule has 0 saturated carbocycles. The van der Waals surface area contributed by atoms with Crippen LogP contribution in [-0.2, 0) is 5.54 Å². The minimum absolute atomic E-state index is 0.244. The Hall–Kier alpha value is -2.55. The summed E-state index contributed by atoms with van der Waals surface area (Å²) in [6, 6.07) is 7.59. The van der Waals surface area contributed by atoms with Crippen molar-refractivity contribution in [1.82, 2.24) is 30.5 Å². The summed E-state index contributed by atoms with van der Waals surface area (Å²) in [5, 5.41) is 14.9. The summed E-state index contributed by atoms with van der Waals surface area (Å²) < 4.78 is 7.52. The lowest BCUT2D eigenvalue weighted by atomic mass is 10.0. The van der Waals surface area contributed by atoms with E-state index in [2.05, 4.69) is 41.7 Å². The number of benzene rings is 1. The molecule has 0 radical (unpaired) electrons. The van der Waals surface area contributed by atoms with Crippen molar-refractivity contribution in [2.45, 2.75) is 33.2 Å². The molecule has 1 N–H and O–H groups in total. The second kappa shape index (κ2) is 6.40. The fourth-order valence-electron chi connectivity index (χ4n) is 2.34. The summed E-state index contributed by atoms with van der Waals surface area (Å²) in [5.74, 6) is 0.482. The van der Waals surface area contributed by atoms with Crippen LogP contribution in [0.4, 0.5) is 0 Å². The summed E-state index contributed by atoms with van der Waals surface area (Å²) in [4.78, 5) is 16.8. The lowest BCUT2D eigenvalue weighted by Crippen LogP contribution is -2.42. The molecule has 0 aliphatic heterocycles. The molecule has 1 amide bonds. The van der Waals surface area contributed by atoms with Gasteiger partial charge in [0.05, 0.1) is 16.9 Å². The Bertz CT molecular complexity index is 930. The molecule has 2 heterocycles. The molecule has 130 valence electrons. The molecule has 0 saturated heterocycles. The number of nitrogens with one attached hydrogen (secondary N) is 1. The highest BCUT2D eigenvalue weighted by Crippen LogP contribution is 2.20. The fourth-order valence-corrected chi connectivity index (χ4v) is 2.73. The van der Waals surface area contributed by atoms with E-state index in [1.54, 1.807) is 32.4 Å². The van der Waals surface area contributed by atoms with Crippen molar-refractivity contribution in [3.63, 3.8) is 0 Å². The lowest BCUT2D eigenvalue weighted by molar-refractivity contribution is 0.0901. The van der Waals surface area contributed by atoms with Crippen molar-refractivity contribution in [2.24, 2.45) is 0 Å². The lowest BCUT2D eigenvalue weighted by Gasteiger charge is -2.21. The third-order valence-corrected chi connectivity index (χ3v) is 4.17. The molecule has 0 spiro atoms. The zero-order valence-corrected chi connectivity index (χ0v) is 15.8. The molecule has 2 aromatic heterocycles. The van der Waals surface area contributed by atoms with Crippen LogP contribution in [0, 0.1) is 13.8 Å². The maximum atomic E-state index is 12.7. The van der Waals surface area contributed by atoms with E-state index >= 15 is 0 Å². The SMILES string of the molecule is Cc1nc(C(C)(C)NC(=O)c2nnn(-c3cccc(Br)c3)c2C)no1. The Kier molecular flexibility index (Phi) is 4.42. The number of nitrogens with zero attached hydrogens (tertiary/aromatic N) is 5. The summed E-state index contributed by atoms with van der Waals surface area (Å²) in [6.45, 7) is 7.08. The zero-order chi connectivity index (χ0) is 18.2. The number of halogens is 1. The van der Waals surface area contributed by atoms with Gasteiger partial charge in [-0.3, -0.25) is 4.79 Å². The van der Waals surface area contributed by atoms with Gasteiger partial charge in [0.1, 0.15) is 0 Å². The first-order chi connectivity index (χ1) is 11.8. The van der Waals surface area contributed by atoms with E-state index in [4.69, 9.17) is 4.52 Å².